The van der Waals surface area contributed by atoms with Gasteiger partial charge in [0.05, 0.1) is 4.90 Å². The molecule has 1 N–H and O–H groups in total. The zero-order valence-corrected chi connectivity index (χ0v) is 12.2. The van der Waals surface area contributed by atoms with Crippen LogP contribution in [-0.2, 0) is 14.8 Å². The van der Waals surface area contributed by atoms with Crippen molar-refractivity contribution in [2.24, 2.45) is 0 Å². The molecule has 1 rings (SSSR count). The van der Waals surface area contributed by atoms with E-state index in [1.165, 1.54) is 6.07 Å². The molecular weight excluding hydrogens is 266 g/mol. The summed E-state index contributed by atoms with van der Waals surface area (Å²) in [6, 6.07) is 5.02. The highest BCUT2D eigenvalue weighted by atomic mass is 32.2. The second kappa shape index (κ2) is 6.16. The van der Waals surface area contributed by atoms with Gasteiger partial charge in [-0.05, 0) is 31.9 Å². The van der Waals surface area contributed by atoms with Crippen molar-refractivity contribution < 1.29 is 18.3 Å². The molecule has 0 atom stereocenters. The van der Waals surface area contributed by atoms with Gasteiger partial charge in [0.15, 0.2) is 0 Å². The monoisotopic (exact) mass is 285 g/mol. The van der Waals surface area contributed by atoms with Crippen molar-refractivity contribution in [3.05, 3.63) is 29.3 Å². The van der Waals surface area contributed by atoms with Crippen LogP contribution in [0.3, 0.4) is 0 Å². The van der Waals surface area contributed by atoms with Crippen LogP contribution in [0.4, 0.5) is 0 Å². The maximum Gasteiger partial charge on any atom is 0.318 e. The first kappa shape index (κ1) is 15.7. The number of carbonyl (C=O) groups is 1. The van der Waals surface area contributed by atoms with Gasteiger partial charge < -0.3 is 5.11 Å². The molecular formula is C13H19NO4S. The standard InChI is InChI=1S/C13H19NO4S/c1-4-7-14(9-13(15)16)19(17,18)12-6-5-10(2)8-11(12)3/h5-6,8H,4,7,9H2,1-3H3,(H,15,16). The van der Waals surface area contributed by atoms with Crippen molar-refractivity contribution in [1.29, 1.82) is 0 Å². The first-order chi connectivity index (χ1) is 8.78. The molecule has 5 nitrogen and oxygen atoms in total. The van der Waals surface area contributed by atoms with E-state index < -0.39 is 22.5 Å². The number of nitrogens with zero attached hydrogens (tertiary/aromatic N) is 1. The SMILES string of the molecule is CCCN(CC(=O)O)S(=O)(=O)c1ccc(C)cc1C. The molecule has 0 aliphatic rings. The molecule has 0 amide bonds. The van der Waals surface area contributed by atoms with Gasteiger partial charge in [-0.15, -0.1) is 0 Å². The van der Waals surface area contributed by atoms with Crippen LogP contribution in [0.25, 0.3) is 0 Å². The van der Waals surface area contributed by atoms with Gasteiger partial charge in [0.25, 0.3) is 0 Å². The molecule has 0 unspecified atom stereocenters. The number of hydrogen-bond donors (Lipinski definition) is 1. The van der Waals surface area contributed by atoms with Crippen molar-refractivity contribution >= 4 is 16.0 Å². The number of benzene rings is 1. The molecule has 0 spiro atoms. The van der Waals surface area contributed by atoms with Crippen LogP contribution in [0.2, 0.25) is 0 Å². The molecule has 0 heterocycles. The topological polar surface area (TPSA) is 74.7 Å². The largest absolute Gasteiger partial charge is 0.480 e. The van der Waals surface area contributed by atoms with E-state index in [-0.39, 0.29) is 11.4 Å². The number of rotatable bonds is 6. The minimum absolute atomic E-state index is 0.174. The molecule has 1 aromatic rings. The number of aryl methyl sites for hydroxylation is 2. The molecule has 6 heteroatoms. The minimum Gasteiger partial charge on any atom is -0.480 e. The average Bonchev–Trinajstić information content (AvgIpc) is 2.27. The Morgan fingerprint density at radius 1 is 1.32 bits per heavy atom. The molecule has 19 heavy (non-hydrogen) atoms. The average molecular weight is 285 g/mol. The normalized spacial score (nSPS) is 11.8. The number of carboxylic acid groups (broad SMARTS) is 1. The van der Waals surface area contributed by atoms with Crippen molar-refractivity contribution in [3.63, 3.8) is 0 Å². The lowest BCUT2D eigenvalue weighted by atomic mass is 10.2. The van der Waals surface area contributed by atoms with Crippen LogP contribution in [0.1, 0.15) is 24.5 Å². The van der Waals surface area contributed by atoms with E-state index in [1.54, 1.807) is 19.1 Å². The van der Waals surface area contributed by atoms with Gasteiger partial charge in [-0.3, -0.25) is 4.79 Å². The lowest BCUT2D eigenvalue weighted by molar-refractivity contribution is -0.137. The van der Waals surface area contributed by atoms with E-state index in [4.69, 9.17) is 5.11 Å². The van der Waals surface area contributed by atoms with Gasteiger partial charge in [0.1, 0.15) is 6.54 Å². The van der Waals surface area contributed by atoms with Gasteiger partial charge in [-0.25, -0.2) is 8.42 Å². The summed E-state index contributed by atoms with van der Waals surface area (Å²) in [6.45, 7) is 5.09. The lowest BCUT2D eigenvalue weighted by Crippen LogP contribution is -2.36. The Bertz CT molecular complexity index is 566. The molecule has 1 aromatic carbocycles. The quantitative estimate of drug-likeness (QED) is 0.864. The molecule has 0 saturated carbocycles. The first-order valence-electron chi connectivity index (χ1n) is 6.08. The van der Waals surface area contributed by atoms with Crippen LogP contribution in [0.15, 0.2) is 23.1 Å². The Labute approximate surface area is 113 Å². The Hall–Kier alpha value is -1.40. The molecule has 0 aromatic heterocycles. The fraction of sp³-hybridized carbons (Fsp3) is 0.462. The Kier molecular flexibility index (Phi) is 5.08. The Morgan fingerprint density at radius 2 is 1.95 bits per heavy atom. The van der Waals surface area contributed by atoms with Gasteiger partial charge in [-0.1, -0.05) is 24.6 Å². The number of carboxylic acids is 1. The first-order valence-corrected chi connectivity index (χ1v) is 7.52. The number of aliphatic carboxylic acids is 1. The van der Waals surface area contributed by atoms with Crippen LogP contribution in [-0.4, -0.2) is 36.9 Å². The van der Waals surface area contributed by atoms with Gasteiger partial charge in [0.2, 0.25) is 10.0 Å². The second-order valence-electron chi connectivity index (χ2n) is 4.50. The summed E-state index contributed by atoms with van der Waals surface area (Å²) >= 11 is 0. The van der Waals surface area contributed by atoms with Crippen LogP contribution >= 0.6 is 0 Å². The lowest BCUT2D eigenvalue weighted by Gasteiger charge is -2.20. The highest BCUT2D eigenvalue weighted by molar-refractivity contribution is 7.89. The predicted octanol–water partition coefficient (Wildman–Crippen LogP) is 1.79. The third kappa shape index (κ3) is 3.78. The predicted molar refractivity (Wildman–Crippen MR) is 72.6 cm³/mol. The van der Waals surface area contributed by atoms with Gasteiger partial charge in [0, 0.05) is 6.54 Å². The smallest absolute Gasteiger partial charge is 0.318 e. The van der Waals surface area contributed by atoms with E-state index in [0.717, 1.165) is 9.87 Å². The fourth-order valence-electron chi connectivity index (χ4n) is 1.91. The zero-order valence-electron chi connectivity index (χ0n) is 11.4. The van der Waals surface area contributed by atoms with E-state index in [9.17, 15) is 13.2 Å². The van der Waals surface area contributed by atoms with Crippen LogP contribution in [0.5, 0.6) is 0 Å². The highest BCUT2D eigenvalue weighted by Gasteiger charge is 2.27. The van der Waals surface area contributed by atoms with Crippen LogP contribution < -0.4 is 0 Å². The van der Waals surface area contributed by atoms with Crippen molar-refractivity contribution in [3.8, 4) is 0 Å². The summed E-state index contributed by atoms with van der Waals surface area (Å²) in [5.41, 5.74) is 1.60. The highest BCUT2D eigenvalue weighted by Crippen LogP contribution is 2.21. The summed E-state index contributed by atoms with van der Waals surface area (Å²) in [5, 5.41) is 8.83. The molecule has 0 radical (unpaired) electrons. The molecule has 0 saturated heterocycles. The van der Waals surface area contributed by atoms with Crippen molar-refractivity contribution in [2.75, 3.05) is 13.1 Å². The van der Waals surface area contributed by atoms with Crippen LogP contribution in [0, 0.1) is 13.8 Å². The summed E-state index contributed by atoms with van der Waals surface area (Å²) in [5.74, 6) is -1.15. The number of sulfonamides is 1. The molecule has 0 aliphatic heterocycles. The van der Waals surface area contributed by atoms with Gasteiger partial charge >= 0.3 is 5.97 Å². The second-order valence-corrected chi connectivity index (χ2v) is 6.41. The minimum atomic E-state index is -3.75. The number of hydrogen-bond acceptors (Lipinski definition) is 3. The molecule has 106 valence electrons. The third-order valence-electron chi connectivity index (χ3n) is 2.73. The fourth-order valence-corrected chi connectivity index (χ4v) is 3.60. The molecule has 0 bridgehead atoms. The molecule has 0 fully saturated rings. The van der Waals surface area contributed by atoms with E-state index >= 15 is 0 Å². The summed E-state index contributed by atoms with van der Waals surface area (Å²) in [4.78, 5) is 11.0. The van der Waals surface area contributed by atoms with Gasteiger partial charge in [-0.2, -0.15) is 4.31 Å². The summed E-state index contributed by atoms with van der Waals surface area (Å²) in [7, 11) is -3.75. The Morgan fingerprint density at radius 3 is 2.42 bits per heavy atom. The van der Waals surface area contributed by atoms with Crippen molar-refractivity contribution in [2.45, 2.75) is 32.1 Å². The zero-order chi connectivity index (χ0) is 14.6. The van der Waals surface area contributed by atoms with E-state index in [1.807, 2.05) is 13.8 Å². The Balaban J connectivity index is 3.22. The van der Waals surface area contributed by atoms with E-state index in [2.05, 4.69) is 0 Å². The maximum absolute atomic E-state index is 12.5. The maximum atomic E-state index is 12.5. The third-order valence-corrected chi connectivity index (χ3v) is 4.74. The van der Waals surface area contributed by atoms with E-state index in [0.29, 0.717) is 12.0 Å². The summed E-state index contributed by atoms with van der Waals surface area (Å²) in [6.07, 6.45) is 0.567. The van der Waals surface area contributed by atoms with Crippen molar-refractivity contribution in [1.82, 2.24) is 4.31 Å². The molecule has 0 aliphatic carbocycles. The summed E-state index contributed by atoms with van der Waals surface area (Å²) < 4.78 is 25.9.